The Labute approximate surface area is 141 Å². The molecule has 0 unspecified atom stereocenters. The fourth-order valence-corrected chi connectivity index (χ4v) is 2.90. The molecule has 2 rings (SSSR count). The van der Waals surface area contributed by atoms with Crippen molar-refractivity contribution >= 4 is 0 Å². The van der Waals surface area contributed by atoms with Crippen LogP contribution in [0.15, 0.2) is 29.8 Å². The van der Waals surface area contributed by atoms with Gasteiger partial charge < -0.3 is 14.8 Å². The van der Waals surface area contributed by atoms with Crippen molar-refractivity contribution in [3.63, 3.8) is 0 Å². The van der Waals surface area contributed by atoms with Crippen LogP contribution in [0.3, 0.4) is 0 Å². The molecule has 3 heteroatoms. The second kappa shape index (κ2) is 9.61. The lowest BCUT2D eigenvalue weighted by Crippen LogP contribution is -2.16. The fourth-order valence-electron chi connectivity index (χ4n) is 2.90. The number of rotatable bonds is 9. The van der Waals surface area contributed by atoms with Crippen LogP contribution in [0.5, 0.6) is 11.5 Å². The first-order valence-corrected chi connectivity index (χ1v) is 9.00. The normalized spacial score (nSPS) is 14.7. The lowest BCUT2D eigenvalue weighted by atomic mass is 9.97. The first-order valence-electron chi connectivity index (χ1n) is 9.00. The van der Waals surface area contributed by atoms with Gasteiger partial charge in [-0.2, -0.15) is 0 Å². The summed E-state index contributed by atoms with van der Waals surface area (Å²) >= 11 is 0. The molecule has 0 saturated heterocycles. The molecule has 0 spiro atoms. The summed E-state index contributed by atoms with van der Waals surface area (Å²) in [7, 11) is 0. The highest BCUT2D eigenvalue weighted by molar-refractivity contribution is 5.43. The predicted octanol–water partition coefficient (Wildman–Crippen LogP) is 4.85. The molecule has 0 saturated carbocycles. The molecule has 1 aromatic carbocycles. The maximum Gasteiger partial charge on any atom is 0.161 e. The fraction of sp³-hybridized carbons (Fsp3) is 0.600. The van der Waals surface area contributed by atoms with E-state index >= 15 is 0 Å². The molecule has 3 nitrogen and oxygen atoms in total. The molecule has 23 heavy (non-hydrogen) atoms. The number of hydrogen-bond donors (Lipinski definition) is 1. The van der Waals surface area contributed by atoms with Gasteiger partial charge in [0.25, 0.3) is 0 Å². The number of ether oxygens (including phenoxy) is 2. The van der Waals surface area contributed by atoms with Gasteiger partial charge >= 0.3 is 0 Å². The largest absolute Gasteiger partial charge is 0.490 e. The molecule has 0 bridgehead atoms. The van der Waals surface area contributed by atoms with E-state index in [1.54, 1.807) is 5.57 Å². The average molecular weight is 317 g/mol. The molecule has 1 aliphatic rings. The van der Waals surface area contributed by atoms with Gasteiger partial charge in [0.1, 0.15) is 0 Å². The molecule has 0 aliphatic heterocycles. The van der Waals surface area contributed by atoms with Crippen molar-refractivity contribution in [2.24, 2.45) is 0 Å². The first kappa shape index (κ1) is 17.9. The minimum atomic E-state index is 0.155. The molecule has 128 valence electrons. The predicted molar refractivity (Wildman–Crippen MR) is 96.2 cm³/mol. The van der Waals surface area contributed by atoms with E-state index in [-0.39, 0.29) is 6.10 Å². The minimum absolute atomic E-state index is 0.155. The van der Waals surface area contributed by atoms with Crippen molar-refractivity contribution in [3.05, 3.63) is 35.4 Å². The molecule has 0 aromatic heterocycles. The molecule has 0 amide bonds. The Bertz CT molecular complexity index is 508. The Morgan fingerprint density at radius 2 is 2.04 bits per heavy atom. The lowest BCUT2D eigenvalue weighted by molar-refractivity contribution is 0.223. The molecule has 0 heterocycles. The third-order valence-corrected chi connectivity index (χ3v) is 4.01. The highest BCUT2D eigenvalue weighted by atomic mass is 16.5. The number of nitrogens with one attached hydrogen (secondary N) is 1. The van der Waals surface area contributed by atoms with Gasteiger partial charge in [0, 0.05) is 6.54 Å². The first-order chi connectivity index (χ1) is 11.2. The van der Waals surface area contributed by atoms with Crippen molar-refractivity contribution < 1.29 is 9.47 Å². The van der Waals surface area contributed by atoms with Crippen LogP contribution in [0, 0.1) is 0 Å². The van der Waals surface area contributed by atoms with Crippen molar-refractivity contribution in [1.82, 2.24) is 5.32 Å². The van der Waals surface area contributed by atoms with E-state index in [0.29, 0.717) is 6.61 Å². The Morgan fingerprint density at radius 3 is 2.74 bits per heavy atom. The van der Waals surface area contributed by atoms with Crippen LogP contribution in [0.2, 0.25) is 0 Å². The quantitative estimate of drug-likeness (QED) is 0.521. The summed E-state index contributed by atoms with van der Waals surface area (Å²) in [6, 6.07) is 6.23. The summed E-state index contributed by atoms with van der Waals surface area (Å²) in [5, 5.41) is 3.54. The average Bonchev–Trinajstić information content (AvgIpc) is 2.55. The third kappa shape index (κ3) is 6.26. The Hall–Kier alpha value is -1.48. The van der Waals surface area contributed by atoms with Crippen molar-refractivity contribution in [1.29, 1.82) is 0 Å². The third-order valence-electron chi connectivity index (χ3n) is 4.01. The van der Waals surface area contributed by atoms with Crippen LogP contribution in [-0.2, 0) is 6.54 Å². The maximum atomic E-state index is 5.80. The number of allylic oxidation sites excluding steroid dienone is 1. The van der Waals surface area contributed by atoms with Gasteiger partial charge in [0.15, 0.2) is 11.5 Å². The zero-order chi connectivity index (χ0) is 16.5. The summed E-state index contributed by atoms with van der Waals surface area (Å²) in [4.78, 5) is 0. The Morgan fingerprint density at radius 1 is 1.17 bits per heavy atom. The standard InChI is InChI=1S/C20H31NO2/c1-4-22-20-14-18(10-11-19(20)23-16(2)3)15-21-13-12-17-8-6-5-7-9-17/h8,10-11,14,16,21H,4-7,9,12-13,15H2,1-3H3. The lowest BCUT2D eigenvalue weighted by Gasteiger charge is -2.16. The van der Waals surface area contributed by atoms with Crippen LogP contribution in [-0.4, -0.2) is 19.3 Å². The summed E-state index contributed by atoms with van der Waals surface area (Å²) < 4.78 is 11.5. The van der Waals surface area contributed by atoms with E-state index in [1.807, 2.05) is 26.8 Å². The van der Waals surface area contributed by atoms with E-state index in [4.69, 9.17) is 9.47 Å². The number of hydrogen-bond acceptors (Lipinski definition) is 3. The summed E-state index contributed by atoms with van der Waals surface area (Å²) in [6.07, 6.45) is 9.04. The highest BCUT2D eigenvalue weighted by Crippen LogP contribution is 2.29. The minimum Gasteiger partial charge on any atom is -0.490 e. The molecule has 0 fully saturated rings. The van der Waals surface area contributed by atoms with E-state index in [0.717, 1.165) is 24.6 Å². The van der Waals surface area contributed by atoms with Gasteiger partial charge in [0.05, 0.1) is 12.7 Å². The van der Waals surface area contributed by atoms with Crippen LogP contribution in [0.1, 0.15) is 58.4 Å². The summed E-state index contributed by atoms with van der Waals surface area (Å²) in [5.74, 6) is 1.67. The topological polar surface area (TPSA) is 30.5 Å². The van der Waals surface area contributed by atoms with Crippen LogP contribution in [0.4, 0.5) is 0 Å². The van der Waals surface area contributed by atoms with Gasteiger partial charge in [-0.1, -0.05) is 17.7 Å². The smallest absolute Gasteiger partial charge is 0.161 e. The van der Waals surface area contributed by atoms with Crippen molar-refractivity contribution in [2.45, 2.75) is 65.5 Å². The molecule has 1 aliphatic carbocycles. The monoisotopic (exact) mass is 317 g/mol. The zero-order valence-corrected chi connectivity index (χ0v) is 14.9. The molecule has 0 radical (unpaired) electrons. The summed E-state index contributed by atoms with van der Waals surface area (Å²) in [5.41, 5.74) is 2.86. The van der Waals surface area contributed by atoms with Crippen LogP contribution < -0.4 is 14.8 Å². The van der Waals surface area contributed by atoms with E-state index in [1.165, 1.54) is 37.7 Å². The van der Waals surface area contributed by atoms with Gasteiger partial charge in [0.2, 0.25) is 0 Å². The van der Waals surface area contributed by atoms with Gasteiger partial charge in [-0.15, -0.1) is 0 Å². The van der Waals surface area contributed by atoms with E-state index in [9.17, 15) is 0 Å². The van der Waals surface area contributed by atoms with Gasteiger partial charge in [-0.25, -0.2) is 0 Å². The SMILES string of the molecule is CCOc1cc(CNCCC2=CCCCC2)ccc1OC(C)C. The van der Waals surface area contributed by atoms with E-state index < -0.39 is 0 Å². The van der Waals surface area contributed by atoms with Gasteiger partial charge in [-0.3, -0.25) is 0 Å². The van der Waals surface area contributed by atoms with Crippen molar-refractivity contribution in [2.75, 3.05) is 13.2 Å². The maximum absolute atomic E-state index is 5.80. The molecule has 1 N–H and O–H groups in total. The summed E-state index contributed by atoms with van der Waals surface area (Å²) in [6.45, 7) is 8.63. The second-order valence-electron chi connectivity index (χ2n) is 6.42. The second-order valence-corrected chi connectivity index (χ2v) is 6.42. The van der Waals surface area contributed by atoms with Crippen LogP contribution >= 0.6 is 0 Å². The Balaban J connectivity index is 1.84. The Kier molecular flexibility index (Phi) is 7.47. The van der Waals surface area contributed by atoms with Crippen molar-refractivity contribution in [3.8, 4) is 11.5 Å². The van der Waals surface area contributed by atoms with Gasteiger partial charge in [-0.05, 0) is 77.1 Å². The number of benzene rings is 1. The zero-order valence-electron chi connectivity index (χ0n) is 14.9. The highest BCUT2D eigenvalue weighted by Gasteiger charge is 2.08. The van der Waals surface area contributed by atoms with E-state index in [2.05, 4.69) is 23.5 Å². The molecule has 0 atom stereocenters. The molecule has 1 aromatic rings. The molecular formula is C20H31NO2. The van der Waals surface area contributed by atoms with Crippen LogP contribution in [0.25, 0.3) is 0 Å². The molecular weight excluding hydrogens is 286 g/mol.